The van der Waals surface area contributed by atoms with Crippen LogP contribution in [-0.4, -0.2) is 12.1 Å². The summed E-state index contributed by atoms with van der Waals surface area (Å²) in [6.45, 7) is 0.365. The van der Waals surface area contributed by atoms with Gasteiger partial charge in [0.2, 0.25) is 0 Å². The van der Waals surface area contributed by atoms with Crippen molar-refractivity contribution in [1.29, 1.82) is 0 Å². The van der Waals surface area contributed by atoms with Crippen molar-refractivity contribution in [3.05, 3.63) is 112 Å². The maximum absolute atomic E-state index is 12.6. The van der Waals surface area contributed by atoms with E-state index in [2.05, 4.69) is 10.5 Å². The average molecular weight is 489 g/mol. The first-order valence-electron chi connectivity index (χ1n) is 10.5. The molecule has 0 spiro atoms. The number of nitrogens with one attached hydrogen (secondary N) is 1. The van der Waals surface area contributed by atoms with E-state index in [4.69, 9.17) is 32.4 Å². The second-order valence-electron chi connectivity index (χ2n) is 7.61. The Labute approximate surface area is 205 Å². The lowest BCUT2D eigenvalue weighted by atomic mass is 10.0. The van der Waals surface area contributed by atoms with Gasteiger partial charge >= 0.3 is 5.91 Å². The van der Waals surface area contributed by atoms with Gasteiger partial charge in [-0.25, -0.2) is 5.43 Å². The highest BCUT2D eigenvalue weighted by atomic mass is 35.5. The van der Waals surface area contributed by atoms with Gasteiger partial charge in [0.05, 0.1) is 6.21 Å². The molecular formula is C27H18Cl2N2O3. The molecule has 7 heteroatoms. The fourth-order valence-corrected chi connectivity index (χ4v) is 3.92. The predicted molar refractivity (Wildman–Crippen MR) is 136 cm³/mol. The Bertz CT molecular complexity index is 1520. The van der Waals surface area contributed by atoms with Crippen molar-refractivity contribution in [2.24, 2.45) is 5.10 Å². The number of amides is 1. The predicted octanol–water partition coefficient (Wildman–Crippen LogP) is 7.24. The van der Waals surface area contributed by atoms with Crippen molar-refractivity contribution >= 4 is 57.1 Å². The highest BCUT2D eigenvalue weighted by molar-refractivity contribution is 6.31. The fourth-order valence-electron chi connectivity index (χ4n) is 3.61. The fraction of sp³-hybridized carbons (Fsp3) is 0.0370. The van der Waals surface area contributed by atoms with Gasteiger partial charge in [-0.15, -0.1) is 0 Å². The first-order valence-corrected chi connectivity index (χ1v) is 11.2. The summed E-state index contributed by atoms with van der Waals surface area (Å²) < 4.78 is 11.7. The summed E-state index contributed by atoms with van der Waals surface area (Å²) in [5.41, 5.74) is 4.84. The minimum absolute atomic E-state index is 0.145. The molecule has 5 aromatic rings. The van der Waals surface area contributed by atoms with Gasteiger partial charge in [0.1, 0.15) is 17.9 Å². The molecule has 168 valence electrons. The van der Waals surface area contributed by atoms with Gasteiger partial charge in [-0.1, -0.05) is 65.7 Å². The Kier molecular flexibility index (Phi) is 6.21. The van der Waals surface area contributed by atoms with Gasteiger partial charge in [0.25, 0.3) is 0 Å². The summed E-state index contributed by atoms with van der Waals surface area (Å²) in [5.74, 6) is 0.323. The molecular weight excluding hydrogens is 471 g/mol. The van der Waals surface area contributed by atoms with E-state index in [1.54, 1.807) is 30.5 Å². The minimum Gasteiger partial charge on any atom is -0.488 e. The summed E-state index contributed by atoms with van der Waals surface area (Å²) in [6.07, 6.45) is 1.58. The van der Waals surface area contributed by atoms with Gasteiger partial charge < -0.3 is 9.15 Å². The SMILES string of the molecule is O=C(N/N=C/c1c(OCc2ccc(Cl)cc2)ccc2ccccc12)c1cc2cc(Cl)ccc2o1. The highest BCUT2D eigenvalue weighted by Crippen LogP contribution is 2.28. The van der Waals surface area contributed by atoms with Crippen molar-refractivity contribution in [3.8, 4) is 5.75 Å². The number of benzene rings is 4. The van der Waals surface area contributed by atoms with E-state index in [1.165, 1.54) is 0 Å². The Morgan fingerprint density at radius 3 is 2.56 bits per heavy atom. The van der Waals surface area contributed by atoms with E-state index in [-0.39, 0.29) is 5.76 Å². The van der Waals surface area contributed by atoms with Crippen molar-refractivity contribution in [2.45, 2.75) is 6.61 Å². The van der Waals surface area contributed by atoms with Crippen LogP contribution in [0, 0.1) is 0 Å². The normalized spacial score (nSPS) is 11.4. The average Bonchev–Trinajstić information content (AvgIpc) is 3.27. The molecule has 0 saturated heterocycles. The van der Waals surface area contributed by atoms with Crippen LogP contribution in [0.1, 0.15) is 21.7 Å². The number of nitrogens with zero attached hydrogens (tertiary/aromatic N) is 1. The Morgan fingerprint density at radius 2 is 1.71 bits per heavy atom. The van der Waals surface area contributed by atoms with Gasteiger partial charge in [-0.05, 0) is 58.8 Å². The molecule has 34 heavy (non-hydrogen) atoms. The number of hydrogen-bond acceptors (Lipinski definition) is 4. The number of rotatable bonds is 6. The topological polar surface area (TPSA) is 63.8 Å². The van der Waals surface area contributed by atoms with E-state index < -0.39 is 5.91 Å². The lowest BCUT2D eigenvalue weighted by Gasteiger charge is -2.12. The molecule has 0 saturated carbocycles. The quantitative estimate of drug-likeness (QED) is 0.202. The van der Waals surface area contributed by atoms with E-state index >= 15 is 0 Å². The van der Waals surface area contributed by atoms with E-state index in [9.17, 15) is 4.79 Å². The van der Waals surface area contributed by atoms with Gasteiger partial charge in [-0.3, -0.25) is 4.79 Å². The molecule has 0 aliphatic rings. The molecule has 1 heterocycles. The van der Waals surface area contributed by atoms with Crippen molar-refractivity contribution in [1.82, 2.24) is 5.43 Å². The van der Waals surface area contributed by atoms with Crippen LogP contribution in [-0.2, 0) is 6.61 Å². The van der Waals surface area contributed by atoms with Crippen LogP contribution in [0.25, 0.3) is 21.7 Å². The molecule has 1 amide bonds. The minimum atomic E-state index is -0.465. The molecule has 1 N–H and O–H groups in total. The van der Waals surface area contributed by atoms with Crippen molar-refractivity contribution < 1.29 is 13.9 Å². The zero-order chi connectivity index (χ0) is 23.5. The van der Waals surface area contributed by atoms with Crippen LogP contribution >= 0.6 is 23.2 Å². The number of hydrazone groups is 1. The van der Waals surface area contributed by atoms with Crippen LogP contribution in [0.3, 0.4) is 0 Å². The summed E-state index contributed by atoms with van der Waals surface area (Å²) in [6, 6.07) is 26.1. The summed E-state index contributed by atoms with van der Waals surface area (Å²) in [4.78, 5) is 12.6. The third-order valence-corrected chi connectivity index (χ3v) is 5.79. The van der Waals surface area contributed by atoms with Gasteiger partial charge in [0.15, 0.2) is 5.76 Å². The number of fused-ring (bicyclic) bond motifs is 2. The zero-order valence-corrected chi connectivity index (χ0v) is 19.3. The molecule has 0 unspecified atom stereocenters. The molecule has 1 aromatic heterocycles. The summed E-state index contributed by atoms with van der Waals surface area (Å²) in [7, 11) is 0. The van der Waals surface area contributed by atoms with Crippen LogP contribution in [0.5, 0.6) is 5.75 Å². The van der Waals surface area contributed by atoms with Crippen LogP contribution in [0.2, 0.25) is 10.0 Å². The lowest BCUT2D eigenvalue weighted by Crippen LogP contribution is -2.16. The first kappa shape index (κ1) is 22.0. The van der Waals surface area contributed by atoms with Crippen LogP contribution < -0.4 is 10.2 Å². The monoisotopic (exact) mass is 488 g/mol. The zero-order valence-electron chi connectivity index (χ0n) is 17.8. The summed E-state index contributed by atoms with van der Waals surface area (Å²) >= 11 is 12.0. The lowest BCUT2D eigenvalue weighted by molar-refractivity contribution is 0.0929. The largest absolute Gasteiger partial charge is 0.488 e. The first-order chi connectivity index (χ1) is 16.6. The molecule has 5 rings (SSSR count). The number of furan rings is 1. The number of ether oxygens (including phenoxy) is 1. The van der Waals surface area contributed by atoms with E-state index in [0.717, 1.165) is 27.3 Å². The van der Waals surface area contributed by atoms with Gasteiger partial charge in [0, 0.05) is 21.0 Å². The van der Waals surface area contributed by atoms with Gasteiger partial charge in [-0.2, -0.15) is 5.10 Å². The number of hydrogen-bond donors (Lipinski definition) is 1. The molecule has 0 atom stereocenters. The number of carbonyl (C=O) groups is 1. The van der Waals surface area contributed by atoms with E-state index in [1.807, 2.05) is 60.7 Å². The highest BCUT2D eigenvalue weighted by Gasteiger charge is 2.13. The van der Waals surface area contributed by atoms with Crippen molar-refractivity contribution in [3.63, 3.8) is 0 Å². The molecule has 5 nitrogen and oxygen atoms in total. The number of halogens is 2. The number of carbonyl (C=O) groups excluding carboxylic acids is 1. The molecule has 0 radical (unpaired) electrons. The summed E-state index contributed by atoms with van der Waals surface area (Å²) in [5, 5.41) is 8.14. The standard InChI is InChI=1S/C27H18Cl2N2O3/c28-20-8-5-17(6-9-20)16-33-25-11-7-18-3-1-2-4-22(18)23(25)15-30-31-27(32)26-14-19-13-21(29)10-12-24(19)34-26/h1-15H,16H2,(H,31,32)/b30-15+. The Morgan fingerprint density at radius 1 is 0.912 bits per heavy atom. The van der Waals surface area contributed by atoms with Crippen LogP contribution in [0.4, 0.5) is 0 Å². The molecule has 0 aliphatic heterocycles. The van der Waals surface area contributed by atoms with Crippen LogP contribution in [0.15, 0.2) is 94.4 Å². The smallest absolute Gasteiger partial charge is 0.307 e. The second-order valence-corrected chi connectivity index (χ2v) is 8.48. The van der Waals surface area contributed by atoms with E-state index in [0.29, 0.717) is 28.0 Å². The third-order valence-electron chi connectivity index (χ3n) is 5.30. The van der Waals surface area contributed by atoms with Crippen molar-refractivity contribution in [2.75, 3.05) is 0 Å². The molecule has 4 aromatic carbocycles. The second kappa shape index (κ2) is 9.59. The molecule has 0 fully saturated rings. The Hall–Kier alpha value is -3.80. The maximum atomic E-state index is 12.6. The molecule has 0 aliphatic carbocycles. The third kappa shape index (κ3) is 4.76. The Balaban J connectivity index is 1.38. The molecule has 0 bridgehead atoms. The maximum Gasteiger partial charge on any atom is 0.307 e.